The topological polar surface area (TPSA) is 56.5 Å². The number of hydrogen-bond acceptors (Lipinski definition) is 4. The monoisotopic (exact) mass is 262 g/mol. The highest BCUT2D eigenvalue weighted by Crippen LogP contribution is 2.36. The van der Waals surface area contributed by atoms with Gasteiger partial charge in [-0.1, -0.05) is 13.8 Å². The number of carbonyl (C=O) groups excluding carboxylic acids is 2. The van der Waals surface area contributed by atoms with E-state index in [9.17, 15) is 9.59 Å². The molecule has 1 aliphatic rings. The van der Waals surface area contributed by atoms with Crippen molar-refractivity contribution in [1.82, 2.24) is 0 Å². The lowest BCUT2D eigenvalue weighted by atomic mass is 9.85. The molecule has 1 atom stereocenters. The Morgan fingerprint density at radius 2 is 1.89 bits per heavy atom. The summed E-state index contributed by atoms with van der Waals surface area (Å²) in [5.41, 5.74) is 2.10. The van der Waals surface area contributed by atoms with Crippen LogP contribution in [0.5, 0.6) is 0 Å². The average Bonchev–Trinajstić information content (AvgIpc) is 2.77. The van der Waals surface area contributed by atoms with Crippen LogP contribution in [0.3, 0.4) is 0 Å². The Labute approximate surface area is 112 Å². The number of esters is 2. The maximum Gasteiger partial charge on any atom is 0.342 e. The Balaban J connectivity index is 2.58. The van der Waals surface area contributed by atoms with E-state index in [1.165, 1.54) is 0 Å². The van der Waals surface area contributed by atoms with Crippen LogP contribution in [0.25, 0.3) is 5.57 Å². The molecule has 102 valence electrons. The van der Waals surface area contributed by atoms with Crippen LogP contribution in [0, 0.1) is 25.7 Å². The molecule has 0 spiro atoms. The summed E-state index contributed by atoms with van der Waals surface area (Å²) in [4.78, 5) is 23.7. The lowest BCUT2D eigenvalue weighted by Crippen LogP contribution is -2.16. The van der Waals surface area contributed by atoms with Crippen molar-refractivity contribution >= 4 is 17.5 Å². The molecule has 2 heterocycles. The van der Waals surface area contributed by atoms with Crippen LogP contribution < -0.4 is 0 Å². The molecule has 0 amide bonds. The molecule has 0 bridgehead atoms. The number of allylic oxidation sites excluding steroid dienone is 1. The van der Waals surface area contributed by atoms with Crippen LogP contribution >= 0.6 is 0 Å². The maximum atomic E-state index is 11.9. The van der Waals surface area contributed by atoms with Crippen molar-refractivity contribution in [1.29, 1.82) is 0 Å². The molecule has 2 rings (SSSR count). The highest BCUT2D eigenvalue weighted by Gasteiger charge is 2.42. The number of aryl methyl sites for hydroxylation is 2. The molecule has 1 aliphatic heterocycles. The highest BCUT2D eigenvalue weighted by molar-refractivity contribution is 6.12. The second kappa shape index (κ2) is 4.68. The van der Waals surface area contributed by atoms with E-state index in [0.29, 0.717) is 5.57 Å². The fourth-order valence-corrected chi connectivity index (χ4v) is 2.59. The first kappa shape index (κ1) is 13.6. The van der Waals surface area contributed by atoms with Gasteiger partial charge in [0.05, 0.1) is 11.5 Å². The van der Waals surface area contributed by atoms with Crippen molar-refractivity contribution in [2.75, 3.05) is 0 Å². The summed E-state index contributed by atoms with van der Waals surface area (Å²) >= 11 is 0. The Morgan fingerprint density at radius 1 is 1.26 bits per heavy atom. The number of hydrogen-bond donors (Lipinski definition) is 0. The second-order valence-electron chi connectivity index (χ2n) is 5.30. The lowest BCUT2D eigenvalue weighted by molar-refractivity contribution is -0.153. The van der Waals surface area contributed by atoms with Crippen LogP contribution in [0.15, 0.2) is 16.1 Å². The molecule has 0 aromatic carbocycles. The maximum absolute atomic E-state index is 11.9. The van der Waals surface area contributed by atoms with Gasteiger partial charge >= 0.3 is 11.9 Å². The van der Waals surface area contributed by atoms with E-state index in [0.717, 1.165) is 22.7 Å². The van der Waals surface area contributed by atoms with Gasteiger partial charge in [0.1, 0.15) is 11.5 Å². The zero-order valence-electron chi connectivity index (χ0n) is 11.9. The SMILES string of the molecule is CC(=C1C(=O)OC(=O)C1C(C)C)c1cc(C)oc1C. The van der Waals surface area contributed by atoms with Gasteiger partial charge in [0.15, 0.2) is 0 Å². The Hall–Kier alpha value is -1.84. The number of rotatable bonds is 2. The molecule has 1 saturated heterocycles. The van der Waals surface area contributed by atoms with Gasteiger partial charge in [-0.05, 0) is 38.3 Å². The molecule has 0 radical (unpaired) electrons. The van der Waals surface area contributed by atoms with Crippen LogP contribution in [0.2, 0.25) is 0 Å². The van der Waals surface area contributed by atoms with Gasteiger partial charge in [0.25, 0.3) is 0 Å². The fourth-order valence-electron chi connectivity index (χ4n) is 2.59. The average molecular weight is 262 g/mol. The van der Waals surface area contributed by atoms with Crippen molar-refractivity contribution < 1.29 is 18.7 Å². The lowest BCUT2D eigenvalue weighted by Gasteiger charge is -2.13. The molecule has 4 heteroatoms. The fraction of sp³-hybridized carbons (Fsp3) is 0.467. The number of cyclic esters (lactones) is 2. The van der Waals surface area contributed by atoms with Gasteiger partial charge in [0.2, 0.25) is 0 Å². The summed E-state index contributed by atoms with van der Waals surface area (Å²) in [6, 6.07) is 1.88. The van der Waals surface area contributed by atoms with Crippen LogP contribution in [-0.4, -0.2) is 11.9 Å². The third-order valence-electron chi connectivity index (χ3n) is 3.49. The van der Waals surface area contributed by atoms with Gasteiger partial charge in [-0.2, -0.15) is 0 Å². The van der Waals surface area contributed by atoms with Gasteiger partial charge in [-0.15, -0.1) is 0 Å². The van der Waals surface area contributed by atoms with Crippen molar-refractivity contribution in [3.8, 4) is 0 Å². The number of carbonyl (C=O) groups is 2. The molecule has 0 N–H and O–H groups in total. The highest BCUT2D eigenvalue weighted by atomic mass is 16.6. The van der Waals surface area contributed by atoms with E-state index in [-0.39, 0.29) is 5.92 Å². The number of ether oxygens (including phenoxy) is 1. The van der Waals surface area contributed by atoms with Crippen LogP contribution in [0.1, 0.15) is 37.9 Å². The minimum Gasteiger partial charge on any atom is -0.466 e. The second-order valence-corrected chi connectivity index (χ2v) is 5.30. The van der Waals surface area contributed by atoms with Crippen molar-refractivity contribution in [2.24, 2.45) is 11.8 Å². The van der Waals surface area contributed by atoms with Gasteiger partial charge in [-0.3, -0.25) is 4.79 Å². The zero-order valence-corrected chi connectivity index (χ0v) is 11.9. The summed E-state index contributed by atoms with van der Waals surface area (Å²) in [5, 5.41) is 0. The van der Waals surface area contributed by atoms with Crippen molar-refractivity contribution in [3.63, 3.8) is 0 Å². The third-order valence-corrected chi connectivity index (χ3v) is 3.49. The first-order valence-corrected chi connectivity index (χ1v) is 6.37. The van der Waals surface area contributed by atoms with E-state index in [4.69, 9.17) is 9.15 Å². The predicted molar refractivity (Wildman–Crippen MR) is 70.2 cm³/mol. The minimum atomic E-state index is -0.528. The summed E-state index contributed by atoms with van der Waals surface area (Å²) in [5.74, 6) is 0.0920. The van der Waals surface area contributed by atoms with Gasteiger partial charge < -0.3 is 9.15 Å². The van der Waals surface area contributed by atoms with Crippen LogP contribution in [-0.2, 0) is 14.3 Å². The third kappa shape index (κ3) is 2.23. The molecule has 4 nitrogen and oxygen atoms in total. The molecule has 19 heavy (non-hydrogen) atoms. The largest absolute Gasteiger partial charge is 0.466 e. The molecule has 1 unspecified atom stereocenters. The molecule has 1 aromatic heterocycles. The molecule has 1 fully saturated rings. The summed E-state index contributed by atoms with van der Waals surface area (Å²) < 4.78 is 10.3. The molecule has 1 aromatic rings. The van der Waals surface area contributed by atoms with Crippen molar-refractivity contribution in [2.45, 2.75) is 34.6 Å². The van der Waals surface area contributed by atoms with Crippen molar-refractivity contribution in [3.05, 3.63) is 28.7 Å². The Kier molecular flexibility index (Phi) is 3.35. The van der Waals surface area contributed by atoms with E-state index in [1.807, 2.05) is 40.7 Å². The van der Waals surface area contributed by atoms with Gasteiger partial charge in [-0.25, -0.2) is 4.79 Å². The van der Waals surface area contributed by atoms with Crippen LogP contribution in [0.4, 0.5) is 0 Å². The first-order chi connectivity index (χ1) is 8.82. The molecular formula is C15H18O4. The zero-order chi connectivity index (χ0) is 14.3. The Bertz CT molecular complexity index is 575. The molecular weight excluding hydrogens is 244 g/mol. The minimum absolute atomic E-state index is 0.0252. The summed E-state index contributed by atoms with van der Waals surface area (Å²) in [6.07, 6.45) is 0. The molecule has 0 saturated carbocycles. The van der Waals surface area contributed by atoms with E-state index < -0.39 is 17.9 Å². The number of furan rings is 1. The summed E-state index contributed by atoms with van der Waals surface area (Å²) in [7, 11) is 0. The van der Waals surface area contributed by atoms with E-state index in [2.05, 4.69) is 0 Å². The van der Waals surface area contributed by atoms with Gasteiger partial charge in [0, 0.05) is 5.56 Å². The summed E-state index contributed by atoms with van der Waals surface area (Å²) in [6.45, 7) is 9.35. The Morgan fingerprint density at radius 3 is 2.37 bits per heavy atom. The quantitative estimate of drug-likeness (QED) is 0.467. The predicted octanol–water partition coefficient (Wildman–Crippen LogP) is 3.03. The molecule has 0 aliphatic carbocycles. The standard InChI is InChI=1S/C15H18O4/c1-7(2)12-13(15(17)19-14(12)16)9(4)11-6-8(3)18-10(11)5/h6-7,12H,1-5H3. The van der Waals surface area contributed by atoms with E-state index >= 15 is 0 Å². The first-order valence-electron chi connectivity index (χ1n) is 6.37. The normalized spacial score (nSPS) is 22.1. The van der Waals surface area contributed by atoms with E-state index in [1.54, 1.807) is 0 Å². The smallest absolute Gasteiger partial charge is 0.342 e.